The number of hydrogen-bond donors (Lipinski definition) is 0. The van der Waals surface area contributed by atoms with Gasteiger partial charge in [-0.25, -0.2) is 0 Å². The second-order valence-corrected chi connectivity index (χ2v) is 5.47. The van der Waals surface area contributed by atoms with Crippen molar-refractivity contribution in [1.29, 1.82) is 0 Å². The van der Waals surface area contributed by atoms with Gasteiger partial charge in [-0.2, -0.15) is 0 Å². The molecule has 0 unspecified atom stereocenters. The zero-order valence-electron chi connectivity index (χ0n) is 13.7. The fraction of sp³-hybridized carbons (Fsp3) is 0.316. The van der Waals surface area contributed by atoms with Gasteiger partial charge in [0.15, 0.2) is 0 Å². The number of carbonyl (C=O) groups is 1. The molecule has 0 heterocycles. The second-order valence-electron chi connectivity index (χ2n) is 5.47. The minimum Gasteiger partial charge on any atom is -0.380 e. The number of carbonyl (C=O) groups excluding carboxylic acids is 1. The predicted molar refractivity (Wildman–Crippen MR) is 90.4 cm³/mol. The van der Waals surface area contributed by atoms with Crippen molar-refractivity contribution < 1.29 is 9.53 Å². The normalized spacial score (nSPS) is 10.5. The maximum absolute atomic E-state index is 12.8. The highest BCUT2D eigenvalue weighted by molar-refractivity contribution is 6.06. The van der Waals surface area contributed by atoms with Crippen molar-refractivity contribution in [1.82, 2.24) is 0 Å². The van der Waals surface area contributed by atoms with Gasteiger partial charge < -0.3 is 9.64 Å². The lowest BCUT2D eigenvalue weighted by molar-refractivity contribution is 0.0988. The Morgan fingerprint density at radius 1 is 1.09 bits per heavy atom. The Morgan fingerprint density at radius 2 is 1.77 bits per heavy atom. The molecular formula is C19H23NO2. The van der Waals surface area contributed by atoms with Gasteiger partial charge in [-0.1, -0.05) is 24.3 Å². The number of ether oxygens (including phenoxy) is 1. The molecule has 3 heteroatoms. The molecule has 2 aromatic rings. The van der Waals surface area contributed by atoms with E-state index in [1.165, 1.54) is 0 Å². The predicted octanol–water partition coefficient (Wildman–Crippen LogP) is 4.12. The Bertz CT molecular complexity index is 647. The number of rotatable bonds is 5. The van der Waals surface area contributed by atoms with Gasteiger partial charge in [0, 0.05) is 24.9 Å². The summed E-state index contributed by atoms with van der Waals surface area (Å²) in [5.74, 6) is 0.0279. The average molecular weight is 297 g/mol. The first kappa shape index (κ1) is 16.2. The van der Waals surface area contributed by atoms with E-state index in [9.17, 15) is 4.79 Å². The molecule has 1 amide bonds. The molecular weight excluding hydrogens is 274 g/mol. The number of anilines is 1. The monoisotopic (exact) mass is 297 g/mol. The lowest BCUT2D eigenvalue weighted by atomic mass is 10.1. The SMILES string of the molecule is CCN(C(=O)c1ccc(COC)cc1)c1cc(C)ccc1C. The first-order valence-electron chi connectivity index (χ1n) is 7.53. The van der Waals surface area contributed by atoms with Crippen molar-refractivity contribution in [2.75, 3.05) is 18.6 Å². The summed E-state index contributed by atoms with van der Waals surface area (Å²) in [6.45, 7) is 7.28. The van der Waals surface area contributed by atoms with Crippen LogP contribution in [0.4, 0.5) is 5.69 Å². The molecule has 0 saturated heterocycles. The maximum atomic E-state index is 12.8. The highest BCUT2D eigenvalue weighted by Crippen LogP contribution is 2.23. The van der Waals surface area contributed by atoms with E-state index in [1.807, 2.05) is 49.9 Å². The minimum atomic E-state index is 0.0279. The van der Waals surface area contributed by atoms with Gasteiger partial charge in [0.25, 0.3) is 5.91 Å². The van der Waals surface area contributed by atoms with Crippen molar-refractivity contribution >= 4 is 11.6 Å². The number of hydrogen-bond acceptors (Lipinski definition) is 2. The first-order chi connectivity index (χ1) is 10.6. The molecule has 0 aromatic heterocycles. The molecule has 2 aromatic carbocycles. The number of benzene rings is 2. The van der Waals surface area contributed by atoms with E-state index in [0.717, 1.165) is 22.4 Å². The lowest BCUT2D eigenvalue weighted by Gasteiger charge is -2.23. The molecule has 0 aliphatic carbocycles. The summed E-state index contributed by atoms with van der Waals surface area (Å²) in [5, 5.41) is 0. The number of aryl methyl sites for hydroxylation is 2. The molecule has 0 aliphatic rings. The maximum Gasteiger partial charge on any atom is 0.258 e. The molecule has 0 radical (unpaired) electrons. The number of nitrogens with zero attached hydrogens (tertiary/aromatic N) is 1. The third kappa shape index (κ3) is 3.55. The zero-order valence-corrected chi connectivity index (χ0v) is 13.7. The van der Waals surface area contributed by atoms with Crippen molar-refractivity contribution in [3.05, 3.63) is 64.7 Å². The first-order valence-corrected chi connectivity index (χ1v) is 7.53. The van der Waals surface area contributed by atoms with Gasteiger partial charge in [0.2, 0.25) is 0 Å². The van der Waals surface area contributed by atoms with E-state index in [-0.39, 0.29) is 5.91 Å². The summed E-state index contributed by atoms with van der Waals surface area (Å²) in [6, 6.07) is 13.8. The summed E-state index contributed by atoms with van der Waals surface area (Å²) in [6.07, 6.45) is 0. The fourth-order valence-corrected chi connectivity index (χ4v) is 2.50. The molecule has 116 valence electrons. The lowest BCUT2D eigenvalue weighted by Crippen LogP contribution is -2.31. The molecule has 22 heavy (non-hydrogen) atoms. The molecule has 0 saturated carbocycles. The van der Waals surface area contributed by atoms with E-state index >= 15 is 0 Å². The van der Waals surface area contributed by atoms with Crippen LogP contribution in [0.2, 0.25) is 0 Å². The summed E-state index contributed by atoms with van der Waals surface area (Å²) < 4.78 is 5.10. The van der Waals surface area contributed by atoms with E-state index in [1.54, 1.807) is 7.11 Å². The number of amides is 1. The van der Waals surface area contributed by atoms with Crippen molar-refractivity contribution in [2.45, 2.75) is 27.4 Å². The van der Waals surface area contributed by atoms with Gasteiger partial charge in [0.05, 0.1) is 6.61 Å². The summed E-state index contributed by atoms with van der Waals surface area (Å²) in [4.78, 5) is 14.6. The van der Waals surface area contributed by atoms with Crippen LogP contribution in [0.1, 0.15) is 34.0 Å². The highest BCUT2D eigenvalue weighted by atomic mass is 16.5. The molecule has 2 rings (SSSR count). The molecule has 0 aliphatic heterocycles. The third-order valence-electron chi connectivity index (χ3n) is 3.73. The third-order valence-corrected chi connectivity index (χ3v) is 3.73. The highest BCUT2D eigenvalue weighted by Gasteiger charge is 2.17. The summed E-state index contributed by atoms with van der Waals surface area (Å²) in [5.41, 5.74) is 5.00. The Balaban J connectivity index is 2.30. The largest absolute Gasteiger partial charge is 0.380 e. The van der Waals surface area contributed by atoms with Crippen LogP contribution in [0.5, 0.6) is 0 Å². The van der Waals surface area contributed by atoms with Gasteiger partial charge in [-0.3, -0.25) is 4.79 Å². The summed E-state index contributed by atoms with van der Waals surface area (Å²) in [7, 11) is 1.67. The van der Waals surface area contributed by atoms with Crippen LogP contribution in [0.25, 0.3) is 0 Å². The Morgan fingerprint density at radius 3 is 2.36 bits per heavy atom. The van der Waals surface area contributed by atoms with Gasteiger partial charge in [-0.05, 0) is 55.7 Å². The van der Waals surface area contributed by atoms with Crippen LogP contribution in [0.15, 0.2) is 42.5 Å². The van der Waals surface area contributed by atoms with Crippen LogP contribution in [0, 0.1) is 13.8 Å². The Kier molecular flexibility index (Phi) is 5.34. The van der Waals surface area contributed by atoms with E-state index in [4.69, 9.17) is 4.74 Å². The molecule has 0 fully saturated rings. The molecule has 0 spiro atoms. The van der Waals surface area contributed by atoms with Crippen LogP contribution in [0.3, 0.4) is 0 Å². The van der Waals surface area contributed by atoms with Crippen LogP contribution in [-0.2, 0) is 11.3 Å². The number of methoxy groups -OCH3 is 1. The van der Waals surface area contributed by atoms with E-state index in [2.05, 4.69) is 18.2 Å². The van der Waals surface area contributed by atoms with Crippen LogP contribution >= 0.6 is 0 Å². The smallest absolute Gasteiger partial charge is 0.258 e. The second kappa shape index (κ2) is 7.23. The topological polar surface area (TPSA) is 29.5 Å². The van der Waals surface area contributed by atoms with E-state index < -0.39 is 0 Å². The van der Waals surface area contributed by atoms with Crippen molar-refractivity contribution in [3.63, 3.8) is 0 Å². The molecule has 3 nitrogen and oxygen atoms in total. The summed E-state index contributed by atoms with van der Waals surface area (Å²) >= 11 is 0. The van der Waals surface area contributed by atoms with Crippen molar-refractivity contribution in [2.24, 2.45) is 0 Å². The minimum absolute atomic E-state index is 0.0279. The molecule has 0 atom stereocenters. The van der Waals surface area contributed by atoms with Gasteiger partial charge in [0.1, 0.15) is 0 Å². The molecule has 0 bridgehead atoms. The quantitative estimate of drug-likeness (QED) is 0.831. The van der Waals surface area contributed by atoms with Gasteiger partial charge in [-0.15, -0.1) is 0 Å². The van der Waals surface area contributed by atoms with Crippen LogP contribution < -0.4 is 4.90 Å². The van der Waals surface area contributed by atoms with Crippen molar-refractivity contribution in [3.8, 4) is 0 Å². The van der Waals surface area contributed by atoms with Gasteiger partial charge >= 0.3 is 0 Å². The zero-order chi connectivity index (χ0) is 16.1. The Labute approximate surface area is 132 Å². The fourth-order valence-electron chi connectivity index (χ4n) is 2.50. The molecule has 0 N–H and O–H groups in total. The standard InChI is InChI=1S/C19H23NO2/c1-5-20(18-12-14(2)6-7-15(18)3)19(21)17-10-8-16(9-11-17)13-22-4/h6-12H,5,13H2,1-4H3. The van der Waals surface area contributed by atoms with E-state index in [0.29, 0.717) is 18.7 Å². The average Bonchev–Trinajstić information content (AvgIpc) is 2.52. The Hall–Kier alpha value is -2.13. The van der Waals surface area contributed by atoms with Crippen LogP contribution in [-0.4, -0.2) is 19.6 Å².